The molecule has 0 heterocycles. The summed E-state index contributed by atoms with van der Waals surface area (Å²) in [6, 6.07) is 0. The van der Waals surface area contributed by atoms with Crippen LogP contribution in [0.15, 0.2) is 11.8 Å². The molecule has 1 rings (SSSR count). The molecule has 1 nitrogen and oxygen atoms in total. The van der Waals surface area contributed by atoms with Crippen LogP contribution in [0.25, 0.3) is 0 Å². The highest BCUT2D eigenvalue weighted by Crippen LogP contribution is 2.19. The van der Waals surface area contributed by atoms with Crippen molar-refractivity contribution in [2.75, 3.05) is 0 Å². The number of ether oxygens (including phenoxy) is 1. The van der Waals surface area contributed by atoms with Crippen molar-refractivity contribution in [3.05, 3.63) is 11.8 Å². The van der Waals surface area contributed by atoms with Crippen molar-refractivity contribution in [1.29, 1.82) is 0 Å². The molecule has 0 aromatic heterocycles. The topological polar surface area (TPSA) is 9.23 Å². The van der Waals surface area contributed by atoms with Gasteiger partial charge in [0, 0.05) is 0 Å². The van der Waals surface area contributed by atoms with E-state index in [-0.39, 0.29) is 0 Å². The third-order valence-electron chi connectivity index (χ3n) is 3.05. The van der Waals surface area contributed by atoms with Crippen molar-refractivity contribution < 1.29 is 4.74 Å². The first-order valence-electron chi connectivity index (χ1n) is 6.58. The van der Waals surface area contributed by atoms with Gasteiger partial charge in [0.2, 0.25) is 0 Å². The zero-order valence-electron chi connectivity index (χ0n) is 10.4. The molecule has 0 saturated heterocycles. The quantitative estimate of drug-likeness (QED) is 0.594. The molecule has 0 amide bonds. The lowest BCUT2D eigenvalue weighted by Gasteiger charge is -2.18. The van der Waals surface area contributed by atoms with E-state index in [2.05, 4.69) is 13.8 Å². The summed E-state index contributed by atoms with van der Waals surface area (Å²) in [4.78, 5) is 0. The fraction of sp³-hybridized carbons (Fsp3) is 0.857. The molecule has 0 unspecified atom stereocenters. The summed E-state index contributed by atoms with van der Waals surface area (Å²) in [5, 5.41) is 0. The Morgan fingerprint density at radius 1 is 0.867 bits per heavy atom. The van der Waals surface area contributed by atoms with Crippen molar-refractivity contribution in [2.24, 2.45) is 0 Å². The van der Waals surface area contributed by atoms with Gasteiger partial charge in [0.1, 0.15) is 0 Å². The van der Waals surface area contributed by atoms with Gasteiger partial charge >= 0.3 is 0 Å². The highest BCUT2D eigenvalue weighted by atomic mass is 16.5. The van der Waals surface area contributed by atoms with Crippen LogP contribution < -0.4 is 0 Å². The van der Waals surface area contributed by atoms with E-state index in [1.807, 2.05) is 6.26 Å². The number of hydrogen-bond donors (Lipinski definition) is 0. The molecule has 0 N–H and O–H groups in total. The van der Waals surface area contributed by atoms with Gasteiger partial charge in [-0.15, -0.1) is 0 Å². The van der Waals surface area contributed by atoms with Crippen LogP contribution in [0.4, 0.5) is 0 Å². The van der Waals surface area contributed by atoms with E-state index in [0.29, 0.717) is 6.10 Å². The molecule has 15 heavy (non-hydrogen) atoms. The zero-order chi connectivity index (χ0) is 10.9. The maximum atomic E-state index is 5.81. The molecule has 0 spiro atoms. The van der Waals surface area contributed by atoms with Crippen molar-refractivity contribution in [3.8, 4) is 0 Å². The molecule has 1 heteroatoms. The summed E-state index contributed by atoms with van der Waals surface area (Å²) < 4.78 is 5.81. The lowest BCUT2D eigenvalue weighted by Crippen LogP contribution is -2.10. The van der Waals surface area contributed by atoms with E-state index in [1.165, 1.54) is 63.4 Å². The maximum absolute atomic E-state index is 5.81. The standard InChI is InChI=1S/C14H26O/c1-13(2)12-15-14-10-8-6-4-3-5-7-9-11-14/h12,14H,3-11H2,1-2H3. The highest BCUT2D eigenvalue weighted by Gasteiger charge is 2.09. The van der Waals surface area contributed by atoms with Crippen LogP contribution >= 0.6 is 0 Å². The third-order valence-corrected chi connectivity index (χ3v) is 3.05. The van der Waals surface area contributed by atoms with Gasteiger partial charge in [-0.25, -0.2) is 0 Å². The molecule has 88 valence electrons. The predicted molar refractivity (Wildman–Crippen MR) is 65.9 cm³/mol. The Morgan fingerprint density at radius 3 is 1.80 bits per heavy atom. The summed E-state index contributed by atoms with van der Waals surface area (Å²) in [6.45, 7) is 4.19. The molecule has 0 aromatic carbocycles. The van der Waals surface area contributed by atoms with Gasteiger partial charge in [-0.3, -0.25) is 0 Å². The van der Waals surface area contributed by atoms with Crippen molar-refractivity contribution in [2.45, 2.75) is 77.7 Å². The number of allylic oxidation sites excluding steroid dienone is 1. The zero-order valence-corrected chi connectivity index (χ0v) is 10.4. The van der Waals surface area contributed by atoms with Gasteiger partial charge in [0.15, 0.2) is 0 Å². The van der Waals surface area contributed by atoms with Gasteiger partial charge in [-0.1, -0.05) is 32.1 Å². The van der Waals surface area contributed by atoms with Crippen LogP contribution in [0, 0.1) is 0 Å². The summed E-state index contributed by atoms with van der Waals surface area (Å²) in [5.74, 6) is 0. The van der Waals surface area contributed by atoms with Gasteiger partial charge < -0.3 is 4.74 Å². The minimum Gasteiger partial charge on any atom is -0.498 e. The average molecular weight is 210 g/mol. The summed E-state index contributed by atoms with van der Waals surface area (Å²) in [7, 11) is 0. The molecule has 0 aliphatic heterocycles. The van der Waals surface area contributed by atoms with Crippen molar-refractivity contribution >= 4 is 0 Å². The Kier molecular flexibility index (Phi) is 6.54. The lowest BCUT2D eigenvalue weighted by atomic mass is 9.99. The molecule has 1 aliphatic rings. The monoisotopic (exact) mass is 210 g/mol. The second kappa shape index (κ2) is 7.78. The molecule has 0 bridgehead atoms. The van der Waals surface area contributed by atoms with E-state index < -0.39 is 0 Å². The average Bonchev–Trinajstić information content (AvgIpc) is 2.23. The Morgan fingerprint density at radius 2 is 1.33 bits per heavy atom. The summed E-state index contributed by atoms with van der Waals surface area (Å²) in [6.07, 6.45) is 14.7. The van der Waals surface area contributed by atoms with Crippen molar-refractivity contribution in [3.63, 3.8) is 0 Å². The molecular weight excluding hydrogens is 184 g/mol. The van der Waals surface area contributed by atoms with Gasteiger partial charge in [0.25, 0.3) is 0 Å². The predicted octanol–water partition coefficient (Wildman–Crippen LogP) is 4.82. The molecular formula is C14H26O. The normalized spacial score (nSPS) is 20.7. The largest absolute Gasteiger partial charge is 0.498 e. The Labute approximate surface area is 94.9 Å². The van der Waals surface area contributed by atoms with Crippen LogP contribution in [0.2, 0.25) is 0 Å². The molecule has 0 atom stereocenters. The molecule has 1 aliphatic carbocycles. The van der Waals surface area contributed by atoms with E-state index in [9.17, 15) is 0 Å². The van der Waals surface area contributed by atoms with E-state index in [4.69, 9.17) is 4.74 Å². The van der Waals surface area contributed by atoms with Crippen LogP contribution in [0.5, 0.6) is 0 Å². The summed E-state index contributed by atoms with van der Waals surface area (Å²) >= 11 is 0. The lowest BCUT2D eigenvalue weighted by molar-refractivity contribution is 0.117. The summed E-state index contributed by atoms with van der Waals surface area (Å²) in [5.41, 5.74) is 1.27. The molecule has 0 aromatic rings. The van der Waals surface area contributed by atoms with Gasteiger partial charge in [-0.05, 0) is 45.1 Å². The smallest absolute Gasteiger partial charge is 0.0978 e. The third kappa shape index (κ3) is 6.59. The van der Waals surface area contributed by atoms with Crippen LogP contribution in [0.1, 0.15) is 71.6 Å². The maximum Gasteiger partial charge on any atom is 0.0978 e. The van der Waals surface area contributed by atoms with Crippen LogP contribution in [-0.2, 0) is 4.74 Å². The van der Waals surface area contributed by atoms with E-state index in [1.54, 1.807) is 0 Å². The second-order valence-electron chi connectivity index (χ2n) is 5.01. The Hall–Kier alpha value is -0.460. The number of hydrogen-bond acceptors (Lipinski definition) is 1. The highest BCUT2D eigenvalue weighted by molar-refractivity contribution is 4.87. The second-order valence-corrected chi connectivity index (χ2v) is 5.01. The SMILES string of the molecule is CC(C)=COC1CCCCCCCCC1. The van der Waals surface area contributed by atoms with E-state index >= 15 is 0 Å². The number of rotatable bonds is 2. The molecule has 1 fully saturated rings. The van der Waals surface area contributed by atoms with Gasteiger partial charge in [0.05, 0.1) is 12.4 Å². The molecule has 1 saturated carbocycles. The first-order valence-corrected chi connectivity index (χ1v) is 6.58. The Balaban J connectivity index is 2.28. The fourth-order valence-corrected chi connectivity index (χ4v) is 2.14. The Bertz CT molecular complexity index is 170. The van der Waals surface area contributed by atoms with Crippen LogP contribution in [-0.4, -0.2) is 6.10 Å². The fourth-order valence-electron chi connectivity index (χ4n) is 2.14. The first-order chi connectivity index (χ1) is 7.29. The van der Waals surface area contributed by atoms with Crippen LogP contribution in [0.3, 0.4) is 0 Å². The molecule has 0 radical (unpaired) electrons. The van der Waals surface area contributed by atoms with Crippen molar-refractivity contribution in [1.82, 2.24) is 0 Å². The minimum absolute atomic E-state index is 0.484. The van der Waals surface area contributed by atoms with Gasteiger partial charge in [-0.2, -0.15) is 0 Å². The first kappa shape index (κ1) is 12.6. The minimum atomic E-state index is 0.484. The van der Waals surface area contributed by atoms with E-state index in [0.717, 1.165) is 0 Å².